The van der Waals surface area contributed by atoms with E-state index in [1.165, 1.54) is 17.7 Å². The first-order chi connectivity index (χ1) is 29.8. The summed E-state index contributed by atoms with van der Waals surface area (Å²) >= 11 is 0. The van der Waals surface area contributed by atoms with Crippen LogP contribution >= 0.6 is 0 Å². The number of aliphatic hydroxyl groups is 1. The molecule has 11 nitrogen and oxygen atoms in total. The van der Waals surface area contributed by atoms with Crippen LogP contribution in [0.15, 0.2) is 132 Å². The maximum atomic E-state index is 14.0. The van der Waals surface area contributed by atoms with Gasteiger partial charge in [0.25, 0.3) is 5.91 Å². The normalized spacial score (nSPS) is 16.3. The van der Waals surface area contributed by atoms with E-state index in [9.17, 15) is 24.6 Å². The molecule has 2 atom stereocenters. The summed E-state index contributed by atoms with van der Waals surface area (Å²) in [5.41, 5.74) is 5.61. The Kier molecular flexibility index (Phi) is 13.3. The maximum absolute atomic E-state index is 14.0. The van der Waals surface area contributed by atoms with E-state index in [4.69, 9.17) is 4.74 Å². The lowest BCUT2D eigenvalue weighted by molar-refractivity contribution is -0.146. The molecule has 1 amide bonds. The van der Waals surface area contributed by atoms with E-state index in [2.05, 4.69) is 44.5 Å². The van der Waals surface area contributed by atoms with E-state index in [0.29, 0.717) is 72.3 Å². The molecule has 4 heterocycles. The third-order valence-electron chi connectivity index (χ3n) is 12.2. The number of hydrogen-bond acceptors (Lipinski definition) is 9. The van der Waals surface area contributed by atoms with Crippen molar-refractivity contribution in [2.24, 2.45) is 11.8 Å². The van der Waals surface area contributed by atoms with Gasteiger partial charge in [-0.05, 0) is 110 Å². The molecule has 11 heteroatoms. The zero-order valence-corrected chi connectivity index (χ0v) is 34.3. The Balaban J connectivity index is 0.858. The van der Waals surface area contributed by atoms with Crippen LogP contribution in [0.4, 0.5) is 0 Å². The summed E-state index contributed by atoms with van der Waals surface area (Å²) in [4.78, 5) is 51.2. The Labute approximate surface area is 356 Å². The van der Waals surface area contributed by atoms with Crippen LogP contribution in [0.25, 0.3) is 22.2 Å². The first-order valence-corrected chi connectivity index (χ1v) is 21.4. The van der Waals surface area contributed by atoms with Gasteiger partial charge in [-0.15, -0.1) is 0 Å². The lowest BCUT2D eigenvalue weighted by atomic mass is 9.89. The molecular weight excluding hydrogens is 767 g/mol. The molecule has 61 heavy (non-hydrogen) atoms. The number of amides is 1. The Morgan fingerprint density at radius 3 is 2.30 bits per heavy atom. The predicted molar refractivity (Wildman–Crippen MR) is 236 cm³/mol. The largest absolute Gasteiger partial charge is 0.506 e. The van der Waals surface area contributed by atoms with Crippen LogP contribution in [0.1, 0.15) is 70.3 Å². The summed E-state index contributed by atoms with van der Waals surface area (Å²) in [5.74, 6) is -0.316. The van der Waals surface area contributed by atoms with Crippen molar-refractivity contribution < 1.29 is 24.5 Å². The number of nitrogens with one attached hydrogen (secondary N) is 2. The molecule has 0 saturated carbocycles. The number of likely N-dealkylation sites (tertiary alicyclic amines) is 2. The fourth-order valence-electron chi connectivity index (χ4n) is 8.75. The quantitative estimate of drug-likeness (QED) is 0.0849. The van der Waals surface area contributed by atoms with E-state index < -0.39 is 12.0 Å². The number of piperidine rings is 2. The van der Waals surface area contributed by atoms with Crippen LogP contribution in [-0.4, -0.2) is 87.7 Å². The number of H-pyrrole nitrogens is 1. The molecule has 4 aromatic carbocycles. The molecule has 0 bridgehead atoms. The number of fused-ring (bicyclic) bond motifs is 1. The lowest BCUT2D eigenvalue weighted by Crippen LogP contribution is -2.41. The maximum Gasteiger partial charge on any atom is 0.317 e. The van der Waals surface area contributed by atoms with Gasteiger partial charge in [-0.1, -0.05) is 84.9 Å². The summed E-state index contributed by atoms with van der Waals surface area (Å²) in [6.07, 6.45) is 4.45. The number of benzene rings is 4. The minimum Gasteiger partial charge on any atom is -0.506 e. The Morgan fingerprint density at radius 1 is 0.803 bits per heavy atom. The van der Waals surface area contributed by atoms with Crippen molar-refractivity contribution in [2.75, 3.05) is 45.9 Å². The van der Waals surface area contributed by atoms with Gasteiger partial charge in [0, 0.05) is 55.0 Å². The van der Waals surface area contributed by atoms with Crippen LogP contribution < -0.4 is 10.9 Å². The van der Waals surface area contributed by atoms with Crippen LogP contribution in [-0.2, 0) is 16.1 Å². The van der Waals surface area contributed by atoms with Crippen LogP contribution in [0.2, 0.25) is 0 Å². The van der Waals surface area contributed by atoms with Gasteiger partial charge in [0.1, 0.15) is 11.7 Å². The summed E-state index contributed by atoms with van der Waals surface area (Å²) in [6.45, 7) is 5.52. The lowest BCUT2D eigenvalue weighted by Gasteiger charge is -2.32. The highest BCUT2D eigenvalue weighted by Crippen LogP contribution is 2.32. The average molecular weight is 820 g/mol. The molecule has 0 radical (unpaired) electrons. The molecule has 2 aliphatic heterocycles. The monoisotopic (exact) mass is 819 g/mol. The van der Waals surface area contributed by atoms with E-state index in [1.807, 2.05) is 71.6 Å². The number of rotatable bonds is 14. The van der Waals surface area contributed by atoms with E-state index in [0.717, 1.165) is 62.0 Å². The van der Waals surface area contributed by atoms with Gasteiger partial charge in [0.05, 0.1) is 23.9 Å². The number of pyridine rings is 2. The van der Waals surface area contributed by atoms with Crippen LogP contribution in [0.5, 0.6) is 5.75 Å². The van der Waals surface area contributed by atoms with Gasteiger partial charge in [-0.2, -0.15) is 0 Å². The second-order valence-corrected chi connectivity index (χ2v) is 16.4. The number of aliphatic hydroxyl groups excluding tert-OH is 1. The standard InChI is InChI=1S/C50H53N5O6/c56-44-16-14-41(42-15-17-46(58)53-48(42)44)45(57)31-51-30-34-21-26-55(27-22-34)49(59)40-18-23-52-43(29-40)38-12-7-13-39(28-38)47(37-10-5-2-6-11-37)50(60)61-33-36-19-24-54(25-20-36)32-35-8-3-1-4-9-35/h1-18,23,28-29,34,36,45,47,51,56-57H,19-22,24-27,30-33H2,(H,53,58). The Bertz CT molecular complexity index is 2480. The van der Waals surface area contributed by atoms with Crippen LogP contribution in [0.3, 0.4) is 0 Å². The van der Waals surface area contributed by atoms with Crippen molar-refractivity contribution in [3.63, 3.8) is 0 Å². The molecule has 6 aromatic rings. The highest BCUT2D eigenvalue weighted by molar-refractivity contribution is 5.95. The molecule has 2 fully saturated rings. The predicted octanol–water partition coefficient (Wildman–Crippen LogP) is 7.06. The highest BCUT2D eigenvalue weighted by atomic mass is 16.5. The minimum atomic E-state index is -0.834. The fraction of sp³-hybridized carbons (Fsp3) is 0.320. The second kappa shape index (κ2) is 19.5. The zero-order valence-electron chi connectivity index (χ0n) is 34.3. The van der Waals surface area contributed by atoms with Crippen molar-refractivity contribution in [3.05, 3.63) is 166 Å². The van der Waals surface area contributed by atoms with Gasteiger partial charge in [0.2, 0.25) is 5.56 Å². The van der Waals surface area contributed by atoms with E-state index >= 15 is 0 Å². The van der Waals surface area contributed by atoms with Gasteiger partial charge in [-0.3, -0.25) is 24.3 Å². The van der Waals surface area contributed by atoms with Crippen molar-refractivity contribution in [3.8, 4) is 17.0 Å². The van der Waals surface area contributed by atoms with Gasteiger partial charge >= 0.3 is 5.97 Å². The number of phenolic OH excluding ortho intramolecular Hbond substituents is 1. The first kappa shape index (κ1) is 41.6. The van der Waals surface area contributed by atoms with Gasteiger partial charge in [0.15, 0.2) is 0 Å². The van der Waals surface area contributed by atoms with Crippen molar-refractivity contribution in [1.29, 1.82) is 0 Å². The van der Waals surface area contributed by atoms with Crippen molar-refractivity contribution in [1.82, 2.24) is 25.1 Å². The molecule has 0 spiro atoms. The number of carbonyl (C=O) groups excluding carboxylic acids is 2. The number of nitrogens with zero attached hydrogens (tertiary/aromatic N) is 3. The zero-order chi connectivity index (χ0) is 42.1. The third kappa shape index (κ3) is 10.3. The first-order valence-electron chi connectivity index (χ1n) is 21.4. The SMILES string of the molecule is O=C(OCC1CCN(Cc2ccccc2)CC1)C(c1ccccc1)c1cccc(-c2cc(C(=O)N3CCC(CNCC(O)c4ccc(O)c5[nH]c(=O)ccc45)CC3)ccn2)c1. The number of hydrogen-bond donors (Lipinski definition) is 4. The molecule has 2 saturated heterocycles. The Hall–Kier alpha value is -6.14. The number of ether oxygens (including phenoxy) is 1. The molecule has 314 valence electrons. The minimum absolute atomic E-state index is 0.0432. The summed E-state index contributed by atoms with van der Waals surface area (Å²) in [7, 11) is 0. The van der Waals surface area contributed by atoms with E-state index in [1.54, 1.807) is 24.4 Å². The highest BCUT2D eigenvalue weighted by Gasteiger charge is 2.28. The molecule has 2 aliphatic rings. The molecule has 2 aromatic heterocycles. The summed E-state index contributed by atoms with van der Waals surface area (Å²) in [6, 6.07) is 37.8. The number of phenols is 1. The number of aromatic amines is 1. The van der Waals surface area contributed by atoms with Crippen LogP contribution in [0, 0.1) is 11.8 Å². The molecule has 4 N–H and O–H groups in total. The molecule has 8 rings (SSSR count). The topological polar surface area (TPSA) is 148 Å². The number of carbonyl (C=O) groups is 2. The van der Waals surface area contributed by atoms with Crippen molar-refractivity contribution >= 4 is 22.8 Å². The van der Waals surface area contributed by atoms with Gasteiger partial charge in [-0.25, -0.2) is 0 Å². The number of esters is 1. The molecular formula is C50H53N5O6. The summed E-state index contributed by atoms with van der Waals surface area (Å²) < 4.78 is 6.09. The third-order valence-corrected chi connectivity index (χ3v) is 12.2. The van der Waals surface area contributed by atoms with E-state index in [-0.39, 0.29) is 23.2 Å². The summed E-state index contributed by atoms with van der Waals surface area (Å²) in [5, 5.41) is 25.1. The smallest absolute Gasteiger partial charge is 0.317 e. The fourth-order valence-corrected chi connectivity index (χ4v) is 8.75. The Morgan fingerprint density at radius 2 is 1.52 bits per heavy atom. The number of aromatic nitrogens is 2. The van der Waals surface area contributed by atoms with Gasteiger partial charge < -0.3 is 30.2 Å². The van der Waals surface area contributed by atoms with Crippen molar-refractivity contribution in [2.45, 2.75) is 44.2 Å². The molecule has 2 unspecified atom stereocenters. The second-order valence-electron chi connectivity index (χ2n) is 16.4. The number of aromatic hydroxyl groups is 1. The average Bonchev–Trinajstić information content (AvgIpc) is 3.30. The molecule has 0 aliphatic carbocycles.